The lowest BCUT2D eigenvalue weighted by molar-refractivity contribution is -0.310. The van der Waals surface area contributed by atoms with Crippen LogP contribution in [0.25, 0.3) is 6.08 Å². The summed E-state index contributed by atoms with van der Waals surface area (Å²) in [5, 5.41) is 11.8. The predicted octanol–water partition coefficient (Wildman–Crippen LogP) is 2.79. The molecular formula is C21H18NO5S2-. The molecular weight excluding hydrogens is 410 g/mol. The molecule has 0 radical (unpaired) electrons. The summed E-state index contributed by atoms with van der Waals surface area (Å²) in [6.07, 6.45) is 1.65. The van der Waals surface area contributed by atoms with E-state index in [-0.39, 0.29) is 4.32 Å². The number of thioether (sulfide) groups is 1. The van der Waals surface area contributed by atoms with Crippen LogP contribution in [0.15, 0.2) is 53.4 Å². The number of carboxylic acids is 1. The number of hydrogen-bond acceptors (Lipinski definition) is 7. The van der Waals surface area contributed by atoms with Crippen molar-refractivity contribution < 1.29 is 24.2 Å². The van der Waals surface area contributed by atoms with Crippen LogP contribution < -0.4 is 14.6 Å². The average Bonchev–Trinajstić information content (AvgIpc) is 2.98. The molecule has 0 N–H and O–H groups in total. The number of methoxy groups -OCH3 is 1. The number of benzene rings is 2. The van der Waals surface area contributed by atoms with Gasteiger partial charge in [-0.15, -0.1) is 0 Å². The van der Waals surface area contributed by atoms with Crippen LogP contribution in [0, 0.1) is 0 Å². The Morgan fingerprint density at radius 3 is 2.59 bits per heavy atom. The fourth-order valence-electron chi connectivity index (χ4n) is 2.93. The summed E-state index contributed by atoms with van der Waals surface area (Å²) in [6.45, 7) is 2.37. The Hall–Kier alpha value is -2.84. The summed E-state index contributed by atoms with van der Waals surface area (Å²) in [5.41, 5.74) is 1.13. The minimum atomic E-state index is -1.39. The van der Waals surface area contributed by atoms with Crippen LogP contribution in [0.1, 0.15) is 24.1 Å². The number of ether oxygens (including phenoxy) is 2. The monoisotopic (exact) mass is 428 g/mol. The van der Waals surface area contributed by atoms with Crippen molar-refractivity contribution in [3.8, 4) is 11.5 Å². The maximum absolute atomic E-state index is 13.0. The number of carbonyl (C=O) groups excluding carboxylic acids is 2. The topological polar surface area (TPSA) is 78.9 Å². The van der Waals surface area contributed by atoms with E-state index in [1.54, 1.807) is 54.6 Å². The van der Waals surface area contributed by atoms with Crippen molar-refractivity contribution in [1.82, 2.24) is 4.90 Å². The summed E-state index contributed by atoms with van der Waals surface area (Å²) in [5.74, 6) is -0.740. The van der Waals surface area contributed by atoms with Crippen LogP contribution in [-0.4, -0.2) is 34.8 Å². The van der Waals surface area contributed by atoms with Gasteiger partial charge in [0.1, 0.15) is 10.4 Å². The molecule has 150 valence electrons. The maximum atomic E-state index is 13.0. The number of hydrogen-bond donors (Lipinski definition) is 0. The zero-order chi connectivity index (χ0) is 21.0. The number of carbonyl (C=O) groups is 2. The second-order valence-corrected chi connectivity index (χ2v) is 7.70. The van der Waals surface area contributed by atoms with Crippen molar-refractivity contribution in [1.29, 1.82) is 0 Å². The molecule has 0 aromatic heterocycles. The number of nitrogens with zero attached hydrogens (tertiary/aromatic N) is 1. The number of aliphatic carboxylic acids is 1. The molecule has 1 atom stereocenters. The van der Waals surface area contributed by atoms with E-state index in [9.17, 15) is 14.7 Å². The van der Waals surface area contributed by atoms with E-state index in [1.165, 1.54) is 7.11 Å². The molecule has 1 fully saturated rings. The number of amides is 1. The summed E-state index contributed by atoms with van der Waals surface area (Å²) >= 11 is 6.35. The lowest BCUT2D eigenvalue weighted by atomic mass is 10.1. The van der Waals surface area contributed by atoms with Gasteiger partial charge in [-0.3, -0.25) is 9.69 Å². The molecule has 0 bridgehead atoms. The summed E-state index contributed by atoms with van der Waals surface area (Å²) in [4.78, 5) is 26.2. The fraction of sp³-hybridized carbons (Fsp3) is 0.190. The van der Waals surface area contributed by atoms with Gasteiger partial charge in [-0.2, -0.15) is 0 Å². The van der Waals surface area contributed by atoms with Crippen molar-refractivity contribution in [3.63, 3.8) is 0 Å². The molecule has 1 heterocycles. The molecule has 1 amide bonds. The van der Waals surface area contributed by atoms with Crippen LogP contribution in [-0.2, 0) is 9.59 Å². The fourth-order valence-corrected chi connectivity index (χ4v) is 4.24. The van der Waals surface area contributed by atoms with Gasteiger partial charge in [0.25, 0.3) is 5.91 Å². The molecule has 1 aliphatic rings. The first-order valence-corrected chi connectivity index (χ1v) is 10.0. The molecule has 0 aliphatic carbocycles. The van der Waals surface area contributed by atoms with Gasteiger partial charge in [0.05, 0.1) is 24.6 Å². The van der Waals surface area contributed by atoms with Gasteiger partial charge in [0.2, 0.25) is 0 Å². The molecule has 0 unspecified atom stereocenters. The second kappa shape index (κ2) is 9.11. The van der Waals surface area contributed by atoms with Gasteiger partial charge >= 0.3 is 0 Å². The highest BCUT2D eigenvalue weighted by Gasteiger charge is 2.38. The van der Waals surface area contributed by atoms with Crippen molar-refractivity contribution in [2.75, 3.05) is 13.7 Å². The minimum Gasteiger partial charge on any atom is -0.547 e. The number of thiocarbonyl (C=S) groups is 1. The number of carboxylic acid groups (broad SMARTS) is 1. The molecule has 6 nitrogen and oxygen atoms in total. The van der Waals surface area contributed by atoms with Crippen molar-refractivity contribution in [2.45, 2.75) is 13.0 Å². The molecule has 1 aliphatic heterocycles. The Labute approximate surface area is 178 Å². The first-order valence-electron chi connectivity index (χ1n) is 8.80. The Morgan fingerprint density at radius 1 is 1.24 bits per heavy atom. The predicted molar refractivity (Wildman–Crippen MR) is 113 cm³/mol. The van der Waals surface area contributed by atoms with E-state index in [4.69, 9.17) is 21.7 Å². The van der Waals surface area contributed by atoms with Crippen LogP contribution in [0.5, 0.6) is 11.5 Å². The van der Waals surface area contributed by atoms with Crippen LogP contribution in [0.2, 0.25) is 0 Å². The van der Waals surface area contributed by atoms with E-state index in [2.05, 4.69) is 0 Å². The highest BCUT2D eigenvalue weighted by atomic mass is 32.2. The van der Waals surface area contributed by atoms with Crippen molar-refractivity contribution in [2.24, 2.45) is 0 Å². The Bertz CT molecular complexity index is 974. The quantitative estimate of drug-likeness (QED) is 0.496. The van der Waals surface area contributed by atoms with E-state index >= 15 is 0 Å². The first kappa shape index (κ1) is 20.9. The van der Waals surface area contributed by atoms with Gasteiger partial charge < -0.3 is 19.4 Å². The SMILES string of the molecule is CCOc1ccc(/C=C2\SC(=S)N([C@@H](C(=O)[O-])c3ccccc3)C2=O)cc1OC. The zero-order valence-electron chi connectivity index (χ0n) is 15.8. The maximum Gasteiger partial charge on any atom is 0.267 e. The second-order valence-electron chi connectivity index (χ2n) is 6.03. The van der Waals surface area contributed by atoms with E-state index in [0.29, 0.717) is 34.1 Å². The highest BCUT2D eigenvalue weighted by molar-refractivity contribution is 8.26. The van der Waals surface area contributed by atoms with Crippen LogP contribution in [0.3, 0.4) is 0 Å². The number of rotatable bonds is 7. The zero-order valence-corrected chi connectivity index (χ0v) is 17.4. The molecule has 29 heavy (non-hydrogen) atoms. The molecule has 8 heteroatoms. The molecule has 1 saturated heterocycles. The lowest BCUT2D eigenvalue weighted by Crippen LogP contribution is -2.43. The molecule has 3 rings (SSSR count). The largest absolute Gasteiger partial charge is 0.547 e. The third-order valence-electron chi connectivity index (χ3n) is 4.21. The van der Waals surface area contributed by atoms with Crippen molar-refractivity contribution in [3.05, 3.63) is 64.6 Å². The smallest absolute Gasteiger partial charge is 0.267 e. The van der Waals surface area contributed by atoms with E-state index in [0.717, 1.165) is 16.7 Å². The third kappa shape index (κ3) is 4.44. The standard InChI is InChI=1S/C21H19NO5S2/c1-3-27-15-10-9-13(11-16(15)26-2)12-17-19(23)22(21(28)29-17)18(20(24)25)14-7-5-4-6-8-14/h4-12,18H,3H2,1-2H3,(H,24,25)/p-1/b17-12-/t18-/m1/s1. The Balaban J connectivity index is 1.93. The van der Waals surface area contributed by atoms with Crippen LogP contribution in [0.4, 0.5) is 0 Å². The molecule has 2 aromatic rings. The van der Waals surface area contributed by atoms with Gasteiger partial charge in [0, 0.05) is 0 Å². The minimum absolute atomic E-state index is 0.164. The first-order chi connectivity index (χ1) is 14.0. The van der Waals surface area contributed by atoms with Gasteiger partial charge in [-0.1, -0.05) is 60.4 Å². The lowest BCUT2D eigenvalue weighted by Gasteiger charge is -2.27. The third-order valence-corrected chi connectivity index (χ3v) is 5.54. The molecule has 2 aromatic carbocycles. The van der Waals surface area contributed by atoms with Crippen molar-refractivity contribution >= 4 is 46.3 Å². The highest BCUT2D eigenvalue weighted by Crippen LogP contribution is 2.39. The van der Waals surface area contributed by atoms with Gasteiger partial charge in [-0.05, 0) is 36.3 Å². The van der Waals surface area contributed by atoms with Crippen LogP contribution >= 0.6 is 24.0 Å². The molecule has 0 spiro atoms. The van der Waals surface area contributed by atoms with Gasteiger partial charge in [-0.25, -0.2) is 0 Å². The normalized spacial score (nSPS) is 16.2. The summed E-state index contributed by atoms with van der Waals surface area (Å²) in [7, 11) is 1.53. The molecule has 0 saturated carbocycles. The summed E-state index contributed by atoms with van der Waals surface area (Å²) < 4.78 is 11.0. The Kier molecular flexibility index (Phi) is 6.56. The van der Waals surface area contributed by atoms with E-state index < -0.39 is 17.9 Å². The Morgan fingerprint density at radius 2 is 1.97 bits per heavy atom. The van der Waals surface area contributed by atoms with Gasteiger partial charge in [0.15, 0.2) is 11.5 Å². The summed E-state index contributed by atoms with van der Waals surface area (Å²) in [6, 6.07) is 12.4. The van der Waals surface area contributed by atoms with E-state index in [1.807, 2.05) is 6.92 Å². The average molecular weight is 429 g/mol.